The summed E-state index contributed by atoms with van der Waals surface area (Å²) in [5, 5.41) is 19.8. The average molecular weight is 324 g/mol. The van der Waals surface area contributed by atoms with Gasteiger partial charge in [-0.2, -0.15) is 4.31 Å². The van der Waals surface area contributed by atoms with Gasteiger partial charge >= 0.3 is 5.97 Å². The van der Waals surface area contributed by atoms with Gasteiger partial charge < -0.3 is 20.3 Å². The van der Waals surface area contributed by atoms with Gasteiger partial charge in [-0.05, 0) is 0 Å². The number of amides is 1. The fraction of sp³-hybridized carbons (Fsp3) is 0.818. The summed E-state index contributed by atoms with van der Waals surface area (Å²) in [6.07, 6.45) is -1.87. The molecule has 0 aromatic carbocycles. The molecule has 1 aliphatic heterocycles. The Morgan fingerprint density at radius 1 is 1.29 bits per heavy atom. The number of nitrogens with one attached hydrogen (secondary N) is 1. The SMILES string of the molecule is O=C(CCS(=O)(=O)N1CCOCC1)NCCC(O)C(=O)O. The second kappa shape index (κ2) is 8.27. The number of carboxylic acid groups (broad SMARTS) is 1. The summed E-state index contributed by atoms with van der Waals surface area (Å²) in [7, 11) is -3.48. The van der Waals surface area contributed by atoms with E-state index >= 15 is 0 Å². The lowest BCUT2D eigenvalue weighted by atomic mass is 10.2. The van der Waals surface area contributed by atoms with Crippen LogP contribution in [-0.4, -0.2) is 79.5 Å². The number of hydrogen-bond donors (Lipinski definition) is 3. The van der Waals surface area contributed by atoms with Crippen molar-refractivity contribution in [3.05, 3.63) is 0 Å². The summed E-state index contributed by atoms with van der Waals surface area (Å²) < 4.78 is 30.2. The quantitative estimate of drug-likeness (QED) is 0.470. The van der Waals surface area contributed by atoms with E-state index < -0.39 is 28.0 Å². The van der Waals surface area contributed by atoms with Crippen molar-refractivity contribution in [2.24, 2.45) is 0 Å². The number of sulfonamides is 1. The number of morpholine rings is 1. The molecule has 122 valence electrons. The zero-order valence-electron chi connectivity index (χ0n) is 11.5. The second-order valence-electron chi connectivity index (χ2n) is 4.57. The molecule has 1 unspecified atom stereocenters. The first kappa shape index (κ1) is 17.8. The van der Waals surface area contributed by atoms with Crippen LogP contribution in [0.2, 0.25) is 0 Å². The number of aliphatic hydroxyl groups is 1. The van der Waals surface area contributed by atoms with Crippen LogP contribution in [0, 0.1) is 0 Å². The number of rotatable bonds is 8. The molecule has 1 heterocycles. The van der Waals surface area contributed by atoms with Crippen molar-refractivity contribution in [2.45, 2.75) is 18.9 Å². The predicted octanol–water partition coefficient (Wildman–Crippen LogP) is -2.01. The summed E-state index contributed by atoms with van der Waals surface area (Å²) in [4.78, 5) is 21.8. The van der Waals surface area contributed by atoms with Gasteiger partial charge in [0.05, 0.1) is 19.0 Å². The Balaban J connectivity index is 2.27. The fourth-order valence-electron chi connectivity index (χ4n) is 1.74. The van der Waals surface area contributed by atoms with Gasteiger partial charge in [-0.25, -0.2) is 13.2 Å². The molecule has 0 bridgehead atoms. The highest BCUT2D eigenvalue weighted by molar-refractivity contribution is 7.89. The topological polar surface area (TPSA) is 133 Å². The number of nitrogens with zero attached hydrogens (tertiary/aromatic N) is 1. The first-order valence-electron chi connectivity index (χ1n) is 6.56. The molecule has 0 spiro atoms. The molecule has 1 fully saturated rings. The Labute approximate surface area is 122 Å². The summed E-state index contributed by atoms with van der Waals surface area (Å²) in [6.45, 7) is 1.24. The largest absolute Gasteiger partial charge is 0.479 e. The molecule has 1 aliphatic rings. The Morgan fingerprint density at radius 2 is 1.90 bits per heavy atom. The van der Waals surface area contributed by atoms with Crippen molar-refractivity contribution < 1.29 is 33.0 Å². The van der Waals surface area contributed by atoms with Crippen LogP contribution in [0.15, 0.2) is 0 Å². The molecule has 1 amide bonds. The molecule has 1 atom stereocenters. The van der Waals surface area contributed by atoms with E-state index in [0.717, 1.165) is 0 Å². The Morgan fingerprint density at radius 3 is 2.48 bits per heavy atom. The Kier molecular flexibility index (Phi) is 7.02. The molecule has 1 rings (SSSR count). The lowest BCUT2D eigenvalue weighted by molar-refractivity contribution is -0.147. The van der Waals surface area contributed by atoms with Gasteiger partial charge in [0.2, 0.25) is 15.9 Å². The molecule has 21 heavy (non-hydrogen) atoms. The van der Waals surface area contributed by atoms with E-state index in [0.29, 0.717) is 13.2 Å². The van der Waals surface area contributed by atoms with Crippen LogP contribution < -0.4 is 5.32 Å². The van der Waals surface area contributed by atoms with Crippen molar-refractivity contribution in [2.75, 3.05) is 38.6 Å². The maximum absolute atomic E-state index is 11.9. The van der Waals surface area contributed by atoms with E-state index in [9.17, 15) is 18.0 Å². The van der Waals surface area contributed by atoms with Crippen LogP contribution >= 0.6 is 0 Å². The first-order valence-corrected chi connectivity index (χ1v) is 8.17. The summed E-state index contributed by atoms with van der Waals surface area (Å²) in [5.41, 5.74) is 0. The van der Waals surface area contributed by atoms with Crippen molar-refractivity contribution in [3.63, 3.8) is 0 Å². The summed E-state index contributed by atoms with van der Waals surface area (Å²) in [6, 6.07) is 0. The lowest BCUT2D eigenvalue weighted by Gasteiger charge is -2.25. The molecule has 0 radical (unpaired) electrons. The number of carbonyl (C=O) groups excluding carboxylic acids is 1. The van der Waals surface area contributed by atoms with E-state index in [4.69, 9.17) is 14.9 Å². The van der Waals surface area contributed by atoms with E-state index in [1.807, 2.05) is 0 Å². The zero-order valence-corrected chi connectivity index (χ0v) is 12.3. The van der Waals surface area contributed by atoms with Crippen molar-refractivity contribution in [3.8, 4) is 0 Å². The number of carbonyl (C=O) groups is 2. The highest BCUT2D eigenvalue weighted by atomic mass is 32.2. The zero-order chi connectivity index (χ0) is 15.9. The molecule has 0 aromatic rings. The molecule has 0 saturated carbocycles. The first-order chi connectivity index (χ1) is 9.83. The number of hydrogen-bond acceptors (Lipinski definition) is 6. The normalized spacial score (nSPS) is 18.1. The summed E-state index contributed by atoms with van der Waals surface area (Å²) in [5.74, 6) is -2.16. The van der Waals surface area contributed by atoms with Crippen LogP contribution in [0.1, 0.15) is 12.8 Å². The van der Waals surface area contributed by atoms with Gasteiger partial charge in [0.1, 0.15) is 0 Å². The molecule has 0 aromatic heterocycles. The smallest absolute Gasteiger partial charge is 0.332 e. The van der Waals surface area contributed by atoms with E-state index in [2.05, 4.69) is 5.32 Å². The van der Waals surface area contributed by atoms with E-state index in [-0.39, 0.29) is 38.2 Å². The van der Waals surface area contributed by atoms with Crippen molar-refractivity contribution in [1.82, 2.24) is 9.62 Å². The Bertz CT molecular complexity index is 459. The molecular formula is C11H20N2O7S. The number of carboxylic acids is 1. The van der Waals surface area contributed by atoms with Crippen LogP contribution in [0.3, 0.4) is 0 Å². The predicted molar refractivity (Wildman–Crippen MR) is 72.1 cm³/mol. The number of aliphatic carboxylic acids is 1. The number of aliphatic hydroxyl groups excluding tert-OH is 1. The summed E-state index contributed by atoms with van der Waals surface area (Å²) >= 11 is 0. The monoisotopic (exact) mass is 324 g/mol. The van der Waals surface area contributed by atoms with E-state index in [1.165, 1.54) is 4.31 Å². The standard InChI is InChI=1S/C11H20N2O7S/c14-9(11(16)17)1-3-12-10(15)2-8-21(18,19)13-4-6-20-7-5-13/h9,14H,1-8H2,(H,12,15)(H,16,17). The van der Waals surface area contributed by atoms with Crippen LogP contribution in [0.25, 0.3) is 0 Å². The number of ether oxygens (including phenoxy) is 1. The highest BCUT2D eigenvalue weighted by Crippen LogP contribution is 2.06. The van der Waals surface area contributed by atoms with Crippen LogP contribution in [-0.2, 0) is 24.3 Å². The van der Waals surface area contributed by atoms with Crippen molar-refractivity contribution in [1.29, 1.82) is 0 Å². The lowest BCUT2D eigenvalue weighted by Crippen LogP contribution is -2.42. The van der Waals surface area contributed by atoms with E-state index in [1.54, 1.807) is 0 Å². The van der Waals surface area contributed by atoms with Crippen LogP contribution in [0.4, 0.5) is 0 Å². The minimum Gasteiger partial charge on any atom is -0.479 e. The maximum Gasteiger partial charge on any atom is 0.332 e. The Hall–Kier alpha value is -1.23. The minimum atomic E-state index is -3.48. The molecule has 9 nitrogen and oxygen atoms in total. The third-order valence-corrected chi connectivity index (χ3v) is 4.85. The van der Waals surface area contributed by atoms with Gasteiger partial charge in [-0.15, -0.1) is 0 Å². The van der Waals surface area contributed by atoms with Gasteiger partial charge in [-0.1, -0.05) is 0 Å². The maximum atomic E-state index is 11.9. The van der Waals surface area contributed by atoms with Crippen molar-refractivity contribution >= 4 is 21.9 Å². The third-order valence-electron chi connectivity index (χ3n) is 2.98. The van der Waals surface area contributed by atoms with Gasteiger partial charge in [0, 0.05) is 32.5 Å². The molecule has 1 saturated heterocycles. The third kappa shape index (κ3) is 6.38. The molecule has 10 heteroatoms. The fourth-order valence-corrected chi connectivity index (χ4v) is 3.14. The van der Waals surface area contributed by atoms with Crippen LogP contribution in [0.5, 0.6) is 0 Å². The van der Waals surface area contributed by atoms with Gasteiger partial charge in [0.15, 0.2) is 6.10 Å². The second-order valence-corrected chi connectivity index (χ2v) is 6.66. The minimum absolute atomic E-state index is 0.0239. The molecule has 3 N–H and O–H groups in total. The highest BCUT2D eigenvalue weighted by Gasteiger charge is 2.24. The average Bonchev–Trinajstić information content (AvgIpc) is 2.46. The molecule has 0 aliphatic carbocycles. The molecular weight excluding hydrogens is 304 g/mol. The van der Waals surface area contributed by atoms with Gasteiger partial charge in [-0.3, -0.25) is 4.79 Å². The van der Waals surface area contributed by atoms with Gasteiger partial charge in [0.25, 0.3) is 0 Å².